The van der Waals surface area contributed by atoms with Crippen molar-refractivity contribution in [2.45, 2.75) is 13.3 Å². The van der Waals surface area contributed by atoms with Crippen molar-refractivity contribution in [3.63, 3.8) is 0 Å². The summed E-state index contributed by atoms with van der Waals surface area (Å²) in [5.74, 6) is 6.13. The molecule has 0 aromatic carbocycles. The summed E-state index contributed by atoms with van der Waals surface area (Å²) in [5, 5.41) is 6.65. The molecule has 0 fully saturated rings. The van der Waals surface area contributed by atoms with Crippen molar-refractivity contribution in [3.8, 4) is 0 Å². The number of alkyl halides is 2. The van der Waals surface area contributed by atoms with E-state index in [0.29, 0.717) is 0 Å². The molecule has 0 aromatic heterocycles. The van der Waals surface area contributed by atoms with Gasteiger partial charge in [-0.15, -0.1) is 5.84 Å². The number of hydrogen-bond acceptors (Lipinski definition) is 3. The first-order valence-corrected chi connectivity index (χ1v) is 5.60. The Morgan fingerprint density at radius 2 is 2.22 bits per heavy atom. The number of rotatable bonds is 7. The maximum absolute atomic E-state index is 12.2. The van der Waals surface area contributed by atoms with Crippen molar-refractivity contribution in [2.75, 3.05) is 13.6 Å². The number of nitrogens with one attached hydrogen (secondary N) is 1. The highest BCUT2D eigenvalue weighted by molar-refractivity contribution is 6.68. The second kappa shape index (κ2) is 7.97. The molecule has 0 amide bonds. The van der Waals surface area contributed by atoms with E-state index in [-0.39, 0.29) is 11.0 Å². The van der Waals surface area contributed by atoms with Gasteiger partial charge in [0.05, 0.1) is 6.54 Å². The molecule has 0 spiro atoms. The number of nitrogens with two attached hydrogens (primary N) is 1. The maximum Gasteiger partial charge on any atom is 0.255 e. The van der Waals surface area contributed by atoms with E-state index in [1.807, 2.05) is 0 Å². The van der Waals surface area contributed by atoms with Crippen LogP contribution in [0.15, 0.2) is 41.8 Å². The predicted molar refractivity (Wildman–Crippen MR) is 70.8 cm³/mol. The number of allylic oxidation sites excluding steroid dienone is 4. The van der Waals surface area contributed by atoms with Crippen LogP contribution in [0.3, 0.4) is 0 Å². The molecule has 7 heteroatoms. The monoisotopic (exact) mass is 279 g/mol. The van der Waals surface area contributed by atoms with Gasteiger partial charge in [0.25, 0.3) is 6.43 Å². The van der Waals surface area contributed by atoms with Gasteiger partial charge in [-0.3, -0.25) is 0 Å². The van der Waals surface area contributed by atoms with Crippen LogP contribution < -0.4 is 11.2 Å². The topological polar surface area (TPSA) is 50.4 Å². The van der Waals surface area contributed by atoms with Crippen LogP contribution >= 0.6 is 11.6 Å². The van der Waals surface area contributed by atoms with E-state index in [9.17, 15) is 8.78 Å². The minimum absolute atomic E-state index is 0.163. The fraction of sp³-hybridized carbons (Fsp3) is 0.364. The smallest absolute Gasteiger partial charge is 0.255 e. The summed E-state index contributed by atoms with van der Waals surface area (Å²) in [7, 11) is 1.50. The van der Waals surface area contributed by atoms with E-state index < -0.39 is 17.7 Å². The highest BCUT2D eigenvalue weighted by atomic mass is 35.5. The first-order chi connectivity index (χ1) is 8.33. The molecule has 0 heterocycles. The Balaban J connectivity index is 5.04. The summed E-state index contributed by atoms with van der Waals surface area (Å²) in [5.41, 5.74) is 0. The van der Waals surface area contributed by atoms with Crippen molar-refractivity contribution in [1.29, 1.82) is 0 Å². The number of quaternary nitrogens is 1. The Hall–Kier alpha value is -1.24. The second-order valence-corrected chi connectivity index (χ2v) is 3.90. The number of halogens is 3. The first-order valence-electron chi connectivity index (χ1n) is 5.22. The van der Waals surface area contributed by atoms with Crippen LogP contribution in [0.4, 0.5) is 8.78 Å². The van der Waals surface area contributed by atoms with E-state index in [1.165, 1.54) is 19.2 Å². The van der Waals surface area contributed by atoms with E-state index >= 15 is 0 Å². The average Bonchev–Trinajstić information content (AvgIpc) is 2.23. The van der Waals surface area contributed by atoms with Gasteiger partial charge in [0.15, 0.2) is 5.17 Å². The molecule has 0 rings (SSSR count). The molecular formula is C11H18ClF2N4+. The lowest BCUT2D eigenvalue weighted by Gasteiger charge is -2.23. The van der Waals surface area contributed by atoms with Crippen molar-refractivity contribution in [1.82, 2.24) is 5.32 Å². The Kier molecular flexibility index (Phi) is 7.42. The van der Waals surface area contributed by atoms with Crippen LogP contribution in [0.5, 0.6) is 0 Å². The predicted octanol–water partition coefficient (Wildman–Crippen LogP) is 2.32. The van der Waals surface area contributed by atoms with E-state index in [0.717, 1.165) is 0 Å². The third kappa shape index (κ3) is 6.48. The molecule has 0 aliphatic heterocycles. The zero-order chi connectivity index (χ0) is 14.2. The van der Waals surface area contributed by atoms with Gasteiger partial charge in [0.1, 0.15) is 7.05 Å². The third-order valence-corrected chi connectivity index (χ3v) is 2.01. The molecule has 102 valence electrons. The minimum atomic E-state index is -2.49. The third-order valence-electron chi connectivity index (χ3n) is 1.81. The van der Waals surface area contributed by atoms with E-state index in [4.69, 9.17) is 17.4 Å². The van der Waals surface area contributed by atoms with Gasteiger partial charge >= 0.3 is 0 Å². The Labute approximate surface area is 111 Å². The number of nitrogens with zero attached hydrogens (tertiary/aromatic N) is 2. The van der Waals surface area contributed by atoms with E-state index in [2.05, 4.69) is 17.0 Å². The first kappa shape index (κ1) is 16.8. The van der Waals surface area contributed by atoms with Crippen LogP contribution in [0.2, 0.25) is 0 Å². The standard InChI is InChI=1S/C11H18ClF2N4/c1-4-6-9(12)17-18(3,15)11(7-5-2)16-8-10(13)14/h4-7,10,16H,2,8,15H2,1,3H3/q+1/b6-4-,11-7-,17-9+. The Morgan fingerprint density at radius 1 is 1.61 bits per heavy atom. The average molecular weight is 280 g/mol. The molecule has 0 radical (unpaired) electrons. The molecule has 18 heavy (non-hydrogen) atoms. The van der Waals surface area contributed by atoms with Crippen molar-refractivity contribution in [2.24, 2.45) is 10.9 Å². The fourth-order valence-corrected chi connectivity index (χ4v) is 1.37. The molecule has 0 saturated carbocycles. The van der Waals surface area contributed by atoms with Crippen LogP contribution in [-0.4, -0.2) is 29.9 Å². The zero-order valence-electron chi connectivity index (χ0n) is 10.4. The molecule has 0 saturated heterocycles. The lowest BCUT2D eigenvalue weighted by Crippen LogP contribution is -2.50. The van der Waals surface area contributed by atoms with Crippen molar-refractivity contribution < 1.29 is 13.5 Å². The normalized spacial score (nSPS) is 17.1. The van der Waals surface area contributed by atoms with Gasteiger partial charge in [-0.2, -0.15) is 0 Å². The molecule has 0 bridgehead atoms. The number of hydrogen-bond donors (Lipinski definition) is 2. The van der Waals surface area contributed by atoms with Gasteiger partial charge in [-0.25, -0.2) is 8.78 Å². The molecule has 0 aliphatic rings. The quantitative estimate of drug-likeness (QED) is 0.247. The van der Waals surface area contributed by atoms with Crippen molar-refractivity contribution >= 4 is 16.8 Å². The fourth-order valence-electron chi connectivity index (χ4n) is 1.09. The second-order valence-electron chi connectivity index (χ2n) is 3.51. The van der Waals surface area contributed by atoms with Gasteiger partial charge in [-0.1, -0.05) is 35.0 Å². The summed E-state index contributed by atoms with van der Waals surface area (Å²) >= 11 is 5.81. The molecule has 0 aliphatic carbocycles. The zero-order valence-corrected chi connectivity index (χ0v) is 11.2. The highest BCUT2D eigenvalue weighted by Crippen LogP contribution is 2.09. The molecule has 1 unspecified atom stereocenters. The van der Waals surface area contributed by atoms with Gasteiger partial charge in [-0.05, 0) is 18.1 Å². The largest absolute Gasteiger partial charge is 0.332 e. The maximum atomic E-state index is 12.2. The molecule has 4 nitrogen and oxygen atoms in total. The summed E-state index contributed by atoms with van der Waals surface area (Å²) in [4.78, 5) is 0. The van der Waals surface area contributed by atoms with Crippen LogP contribution in [0.1, 0.15) is 6.92 Å². The molecule has 0 aromatic rings. The lowest BCUT2D eigenvalue weighted by atomic mass is 10.5. The van der Waals surface area contributed by atoms with E-state index in [1.54, 1.807) is 19.1 Å². The summed E-state index contributed by atoms with van der Waals surface area (Å²) < 4.78 is 23.8. The molecule has 1 atom stereocenters. The molecular weight excluding hydrogens is 262 g/mol. The summed E-state index contributed by atoms with van der Waals surface area (Å²) in [6, 6.07) is 0. The van der Waals surface area contributed by atoms with Gasteiger partial charge < -0.3 is 5.32 Å². The van der Waals surface area contributed by atoms with Crippen LogP contribution in [0, 0.1) is 0 Å². The Morgan fingerprint density at radius 3 is 2.67 bits per heavy atom. The van der Waals surface area contributed by atoms with Crippen molar-refractivity contribution in [3.05, 3.63) is 36.7 Å². The summed E-state index contributed by atoms with van der Waals surface area (Å²) in [6.07, 6.45) is 3.63. The molecule has 3 N–H and O–H groups in total. The highest BCUT2D eigenvalue weighted by Gasteiger charge is 2.24. The van der Waals surface area contributed by atoms with Crippen LogP contribution in [-0.2, 0) is 0 Å². The van der Waals surface area contributed by atoms with Gasteiger partial charge in [0.2, 0.25) is 5.82 Å². The van der Waals surface area contributed by atoms with Crippen LogP contribution in [0.25, 0.3) is 0 Å². The van der Waals surface area contributed by atoms with Gasteiger partial charge in [0, 0.05) is 6.08 Å². The lowest BCUT2D eigenvalue weighted by molar-refractivity contribution is -0.894. The SMILES string of the molecule is C=C/C=C(/NCC(F)F)[N+](C)(N)/N=C(Cl)\C=C/C. The Bertz CT molecular complexity index is 362. The summed E-state index contributed by atoms with van der Waals surface area (Å²) in [6.45, 7) is 4.74. The minimum Gasteiger partial charge on any atom is -0.332 e.